The fourth-order valence-electron chi connectivity index (χ4n) is 3.72. The number of fused-ring (bicyclic) bond motifs is 1. The average molecular weight is 445 g/mol. The molecule has 0 radical (unpaired) electrons. The van der Waals surface area contributed by atoms with Crippen molar-refractivity contribution in [1.82, 2.24) is 10.4 Å². The molecule has 33 heavy (non-hydrogen) atoms. The van der Waals surface area contributed by atoms with E-state index in [0.29, 0.717) is 11.3 Å². The van der Waals surface area contributed by atoms with Gasteiger partial charge in [0.15, 0.2) is 6.61 Å². The van der Waals surface area contributed by atoms with Crippen LogP contribution in [0.1, 0.15) is 22.3 Å². The molecule has 3 aromatic carbocycles. The molecule has 1 atom stereocenters. The highest BCUT2D eigenvalue weighted by Gasteiger charge is 2.36. The van der Waals surface area contributed by atoms with Gasteiger partial charge >= 0.3 is 5.97 Å². The van der Waals surface area contributed by atoms with Crippen LogP contribution in [0.2, 0.25) is 0 Å². The summed E-state index contributed by atoms with van der Waals surface area (Å²) in [5.74, 6) is -2.73. The summed E-state index contributed by atoms with van der Waals surface area (Å²) in [6.45, 7) is 1.38. The van der Waals surface area contributed by atoms with Crippen LogP contribution in [0.25, 0.3) is 10.8 Å². The number of nitrogens with zero attached hydrogens (tertiary/aromatic N) is 1. The number of hydrazine groups is 1. The number of carbonyl (C=O) groups is 4. The van der Waals surface area contributed by atoms with Gasteiger partial charge in [-0.1, -0.05) is 54.1 Å². The molecule has 1 fully saturated rings. The third-order valence-electron chi connectivity index (χ3n) is 5.38. The van der Waals surface area contributed by atoms with Gasteiger partial charge < -0.3 is 10.1 Å². The Morgan fingerprint density at radius 1 is 1.03 bits per heavy atom. The van der Waals surface area contributed by atoms with Crippen molar-refractivity contribution in [2.45, 2.75) is 13.3 Å². The molecule has 0 bridgehead atoms. The monoisotopic (exact) mass is 445 g/mol. The Balaban J connectivity index is 1.29. The van der Waals surface area contributed by atoms with Crippen LogP contribution in [0, 0.1) is 12.8 Å². The number of hydrogen-bond acceptors (Lipinski definition) is 5. The first-order chi connectivity index (χ1) is 15.9. The number of aryl methyl sites for hydroxylation is 1. The van der Waals surface area contributed by atoms with Gasteiger partial charge in [0.25, 0.3) is 11.8 Å². The van der Waals surface area contributed by atoms with Gasteiger partial charge in [-0.25, -0.2) is 0 Å². The molecule has 8 heteroatoms. The van der Waals surface area contributed by atoms with Crippen LogP contribution in [0.15, 0.2) is 66.7 Å². The van der Waals surface area contributed by atoms with E-state index >= 15 is 0 Å². The van der Waals surface area contributed by atoms with E-state index in [1.165, 1.54) is 0 Å². The second kappa shape index (κ2) is 9.52. The third kappa shape index (κ3) is 5.17. The predicted octanol–water partition coefficient (Wildman–Crippen LogP) is 2.82. The third-order valence-corrected chi connectivity index (χ3v) is 5.38. The number of hydrogen-bond donors (Lipinski definition) is 2. The molecule has 0 aromatic heterocycles. The predicted molar refractivity (Wildman–Crippen MR) is 122 cm³/mol. The van der Waals surface area contributed by atoms with Crippen molar-refractivity contribution in [1.29, 1.82) is 0 Å². The highest BCUT2D eigenvalue weighted by Crippen LogP contribution is 2.23. The number of amides is 3. The van der Waals surface area contributed by atoms with Crippen LogP contribution in [-0.2, 0) is 19.1 Å². The summed E-state index contributed by atoms with van der Waals surface area (Å²) in [4.78, 5) is 49.4. The molecule has 1 aliphatic heterocycles. The van der Waals surface area contributed by atoms with Gasteiger partial charge in [-0.2, -0.15) is 0 Å². The van der Waals surface area contributed by atoms with Crippen molar-refractivity contribution in [3.8, 4) is 0 Å². The largest absolute Gasteiger partial charge is 0.455 e. The van der Waals surface area contributed by atoms with Crippen LogP contribution in [0.3, 0.4) is 0 Å². The minimum atomic E-state index is -0.763. The maximum absolute atomic E-state index is 12.4. The molecule has 2 N–H and O–H groups in total. The molecule has 4 rings (SSSR count). The SMILES string of the molecule is Cc1cccc(C(=O)NN2C[C@@H](C(=O)OCC(=O)Nc3cccc4ccccc34)CC2=O)c1. The van der Waals surface area contributed by atoms with Gasteiger partial charge in [0.1, 0.15) is 0 Å². The van der Waals surface area contributed by atoms with Crippen LogP contribution in [-0.4, -0.2) is 41.9 Å². The maximum atomic E-state index is 12.4. The standard InChI is InChI=1S/C25H23N3O5/c1-16-6-4-9-18(12-16)24(31)27-28-14-19(13-23(28)30)25(32)33-15-22(29)26-21-11-5-8-17-7-2-3-10-20(17)21/h2-12,19H,13-15H2,1H3,(H,26,29)(H,27,31)/t19-/m0/s1. The Labute approximate surface area is 190 Å². The number of nitrogens with one attached hydrogen (secondary N) is 2. The number of rotatable bonds is 6. The van der Waals surface area contributed by atoms with E-state index in [4.69, 9.17) is 4.74 Å². The van der Waals surface area contributed by atoms with Gasteiger partial charge in [-0.3, -0.25) is 29.6 Å². The molecule has 3 aromatic rings. The summed E-state index contributed by atoms with van der Waals surface area (Å²) in [6, 6.07) is 20.1. The smallest absolute Gasteiger partial charge is 0.311 e. The molecule has 1 saturated heterocycles. The summed E-state index contributed by atoms with van der Waals surface area (Å²) in [7, 11) is 0. The number of ether oxygens (including phenoxy) is 1. The second-order valence-electron chi connectivity index (χ2n) is 7.90. The zero-order chi connectivity index (χ0) is 23.4. The van der Waals surface area contributed by atoms with Crippen molar-refractivity contribution in [3.63, 3.8) is 0 Å². The molecule has 8 nitrogen and oxygen atoms in total. The molecule has 0 saturated carbocycles. The molecule has 0 spiro atoms. The van der Waals surface area contributed by atoms with Crippen LogP contribution in [0.4, 0.5) is 5.69 Å². The van der Waals surface area contributed by atoms with Crippen LogP contribution < -0.4 is 10.7 Å². The molecular weight excluding hydrogens is 422 g/mol. The van der Waals surface area contributed by atoms with E-state index in [0.717, 1.165) is 21.3 Å². The number of anilines is 1. The van der Waals surface area contributed by atoms with E-state index in [9.17, 15) is 19.2 Å². The van der Waals surface area contributed by atoms with Crippen molar-refractivity contribution in [3.05, 3.63) is 77.9 Å². The summed E-state index contributed by atoms with van der Waals surface area (Å²) < 4.78 is 5.13. The lowest BCUT2D eigenvalue weighted by molar-refractivity contribution is -0.151. The minimum Gasteiger partial charge on any atom is -0.455 e. The normalized spacial score (nSPS) is 15.4. The fraction of sp³-hybridized carbons (Fsp3) is 0.200. The Bertz CT molecular complexity index is 1230. The Kier molecular flexibility index (Phi) is 6.35. The maximum Gasteiger partial charge on any atom is 0.311 e. The topological polar surface area (TPSA) is 105 Å². The van der Waals surface area contributed by atoms with E-state index in [1.54, 1.807) is 24.3 Å². The average Bonchev–Trinajstić information content (AvgIpc) is 3.18. The van der Waals surface area contributed by atoms with Gasteiger partial charge in [0.2, 0.25) is 5.91 Å². The molecule has 0 unspecified atom stereocenters. The van der Waals surface area contributed by atoms with Crippen molar-refractivity contribution in [2.75, 3.05) is 18.5 Å². The Morgan fingerprint density at radius 3 is 2.61 bits per heavy atom. The summed E-state index contributed by atoms with van der Waals surface area (Å²) in [6.07, 6.45) is -0.0993. The summed E-state index contributed by atoms with van der Waals surface area (Å²) >= 11 is 0. The number of esters is 1. The number of benzene rings is 3. The Hall–Kier alpha value is -4.20. The van der Waals surface area contributed by atoms with Crippen molar-refractivity contribution < 1.29 is 23.9 Å². The summed E-state index contributed by atoms with van der Waals surface area (Å²) in [5.41, 5.74) is 4.48. The molecular formula is C25H23N3O5. The van der Waals surface area contributed by atoms with Crippen molar-refractivity contribution >= 4 is 40.2 Å². The van der Waals surface area contributed by atoms with Gasteiger partial charge in [0, 0.05) is 23.1 Å². The quantitative estimate of drug-likeness (QED) is 0.568. The van der Waals surface area contributed by atoms with Crippen molar-refractivity contribution in [2.24, 2.45) is 5.92 Å². The van der Waals surface area contributed by atoms with Gasteiger partial charge in [0.05, 0.1) is 12.5 Å². The number of carbonyl (C=O) groups excluding carboxylic acids is 4. The molecule has 3 amide bonds. The van der Waals surface area contributed by atoms with Crippen LogP contribution in [0.5, 0.6) is 0 Å². The van der Waals surface area contributed by atoms with Gasteiger partial charge in [-0.15, -0.1) is 0 Å². The second-order valence-corrected chi connectivity index (χ2v) is 7.90. The Morgan fingerprint density at radius 2 is 1.79 bits per heavy atom. The first kappa shape index (κ1) is 22.0. The molecule has 0 aliphatic carbocycles. The highest BCUT2D eigenvalue weighted by molar-refractivity contribution is 6.03. The first-order valence-corrected chi connectivity index (χ1v) is 10.5. The van der Waals surface area contributed by atoms with Gasteiger partial charge in [-0.05, 0) is 30.5 Å². The fourth-order valence-corrected chi connectivity index (χ4v) is 3.72. The van der Waals surface area contributed by atoms with E-state index < -0.39 is 36.2 Å². The lowest BCUT2D eigenvalue weighted by Gasteiger charge is -2.17. The minimum absolute atomic E-state index is 0.0137. The van der Waals surface area contributed by atoms with E-state index in [2.05, 4.69) is 10.7 Å². The lowest BCUT2D eigenvalue weighted by atomic mass is 10.1. The molecule has 1 heterocycles. The zero-order valence-electron chi connectivity index (χ0n) is 18.0. The summed E-state index contributed by atoms with van der Waals surface area (Å²) in [5, 5.41) is 5.72. The molecule has 168 valence electrons. The van der Waals surface area contributed by atoms with Crippen LogP contribution >= 0.6 is 0 Å². The van der Waals surface area contributed by atoms with E-state index in [1.807, 2.05) is 49.4 Å². The zero-order valence-corrected chi connectivity index (χ0v) is 18.0. The van der Waals surface area contributed by atoms with E-state index in [-0.39, 0.29) is 13.0 Å². The first-order valence-electron chi connectivity index (χ1n) is 10.5. The highest BCUT2D eigenvalue weighted by atomic mass is 16.5. The molecule has 1 aliphatic rings. The lowest BCUT2D eigenvalue weighted by Crippen LogP contribution is -2.43.